The molecule has 8 nitrogen and oxygen atoms in total. The third kappa shape index (κ3) is 4.94. The van der Waals surface area contributed by atoms with Crippen LogP contribution in [0, 0.1) is 5.92 Å². The number of hydrogen-bond donors (Lipinski definition) is 2. The lowest BCUT2D eigenvalue weighted by Gasteiger charge is -2.38. The van der Waals surface area contributed by atoms with Gasteiger partial charge in [-0.3, -0.25) is 14.3 Å². The van der Waals surface area contributed by atoms with Crippen LogP contribution in [-0.2, 0) is 11.3 Å². The number of carboxylic acid groups (broad SMARTS) is 1. The molecule has 2 unspecified atom stereocenters. The Balaban J connectivity index is 1.40. The molecule has 0 spiro atoms. The van der Waals surface area contributed by atoms with Crippen molar-refractivity contribution in [1.82, 2.24) is 24.4 Å². The first-order valence-corrected chi connectivity index (χ1v) is 13.7. The van der Waals surface area contributed by atoms with E-state index >= 15 is 0 Å². The van der Waals surface area contributed by atoms with E-state index in [0.717, 1.165) is 65.0 Å². The van der Waals surface area contributed by atoms with Gasteiger partial charge in [0, 0.05) is 30.0 Å². The minimum Gasteiger partial charge on any atom is -0.481 e. The average Bonchev–Trinajstić information content (AvgIpc) is 3.36. The molecule has 5 aromatic rings. The number of nitrogens with zero attached hydrogens (tertiary/aromatic N) is 5. The quantitative estimate of drug-likeness (QED) is 0.272. The molecule has 40 heavy (non-hydrogen) atoms. The van der Waals surface area contributed by atoms with E-state index in [2.05, 4.69) is 34.1 Å². The lowest BCUT2D eigenvalue weighted by Crippen LogP contribution is -2.45. The lowest BCUT2D eigenvalue weighted by molar-refractivity contribution is -0.144. The number of nitrogens with two attached hydrogens (primary N) is 1. The average molecular weight is 533 g/mol. The first kappa shape index (κ1) is 25.7. The van der Waals surface area contributed by atoms with Gasteiger partial charge in [0.25, 0.3) is 0 Å². The lowest BCUT2D eigenvalue weighted by atomic mass is 9.91. The number of fused-ring (bicyclic) bond motifs is 1. The van der Waals surface area contributed by atoms with Crippen molar-refractivity contribution in [1.29, 1.82) is 0 Å². The molecule has 2 aromatic carbocycles. The molecule has 6 rings (SSSR count). The zero-order chi connectivity index (χ0) is 27.6. The molecule has 0 aliphatic carbocycles. The molecular formula is C32H32N6O2. The van der Waals surface area contributed by atoms with Gasteiger partial charge >= 0.3 is 5.97 Å². The highest BCUT2D eigenvalue weighted by Crippen LogP contribution is 2.32. The summed E-state index contributed by atoms with van der Waals surface area (Å²) in [6.07, 6.45) is 4.75. The van der Waals surface area contributed by atoms with Crippen molar-refractivity contribution in [3.8, 4) is 28.3 Å². The second kappa shape index (κ2) is 10.9. The molecule has 1 aliphatic rings. The number of imidazole rings is 1. The number of carboxylic acids is 1. The molecule has 0 bridgehead atoms. The van der Waals surface area contributed by atoms with Crippen LogP contribution in [0.5, 0.6) is 0 Å². The van der Waals surface area contributed by atoms with Crippen molar-refractivity contribution >= 4 is 23.0 Å². The van der Waals surface area contributed by atoms with Gasteiger partial charge in [-0.1, -0.05) is 55.8 Å². The molecule has 202 valence electrons. The fourth-order valence-corrected chi connectivity index (χ4v) is 5.69. The zero-order valence-electron chi connectivity index (χ0n) is 22.4. The predicted molar refractivity (Wildman–Crippen MR) is 157 cm³/mol. The van der Waals surface area contributed by atoms with Crippen molar-refractivity contribution < 1.29 is 9.90 Å². The number of anilines is 1. The number of aliphatic carboxylic acids is 1. The maximum Gasteiger partial charge on any atom is 0.307 e. The van der Waals surface area contributed by atoms with Crippen molar-refractivity contribution in [3.63, 3.8) is 0 Å². The first-order valence-electron chi connectivity index (χ1n) is 13.7. The minimum atomic E-state index is -0.733. The van der Waals surface area contributed by atoms with Crippen molar-refractivity contribution in [2.45, 2.75) is 38.8 Å². The smallest absolute Gasteiger partial charge is 0.307 e. The minimum absolute atomic E-state index is 0.0456. The first-order chi connectivity index (χ1) is 19.5. The van der Waals surface area contributed by atoms with E-state index in [1.54, 1.807) is 6.20 Å². The molecule has 0 amide bonds. The van der Waals surface area contributed by atoms with Crippen LogP contribution < -0.4 is 5.73 Å². The van der Waals surface area contributed by atoms with Gasteiger partial charge in [-0.05, 0) is 61.3 Å². The Morgan fingerprint density at radius 2 is 1.80 bits per heavy atom. The molecule has 0 saturated carbocycles. The van der Waals surface area contributed by atoms with Crippen LogP contribution in [0.25, 0.3) is 39.5 Å². The Hall–Kier alpha value is -4.56. The number of nitrogen functional groups attached to an aromatic ring is 1. The monoisotopic (exact) mass is 532 g/mol. The Kier molecular flexibility index (Phi) is 7.00. The summed E-state index contributed by atoms with van der Waals surface area (Å²) in [5.41, 5.74) is 12.5. The fourth-order valence-electron chi connectivity index (χ4n) is 5.69. The van der Waals surface area contributed by atoms with E-state index in [0.29, 0.717) is 18.2 Å². The Labute approximate surface area is 233 Å². The number of likely N-dealkylation sites (tertiary alicyclic amines) is 1. The Morgan fingerprint density at radius 3 is 2.55 bits per heavy atom. The van der Waals surface area contributed by atoms with Gasteiger partial charge in [-0.2, -0.15) is 0 Å². The molecule has 3 N–H and O–H groups in total. The number of pyridine rings is 2. The largest absolute Gasteiger partial charge is 0.481 e. The number of benzene rings is 2. The summed E-state index contributed by atoms with van der Waals surface area (Å²) in [6, 6.07) is 26.2. The van der Waals surface area contributed by atoms with E-state index < -0.39 is 11.9 Å². The van der Waals surface area contributed by atoms with E-state index in [9.17, 15) is 9.90 Å². The number of hydrogen-bond acceptors (Lipinski definition) is 6. The molecule has 3 aromatic heterocycles. The highest BCUT2D eigenvalue weighted by molar-refractivity contribution is 5.84. The van der Waals surface area contributed by atoms with Crippen LogP contribution in [0.2, 0.25) is 0 Å². The topological polar surface area (TPSA) is 110 Å². The number of aromatic nitrogens is 4. The molecule has 0 radical (unpaired) electrons. The van der Waals surface area contributed by atoms with Crippen molar-refractivity contribution in [2.75, 3.05) is 12.3 Å². The summed E-state index contributed by atoms with van der Waals surface area (Å²) >= 11 is 0. The van der Waals surface area contributed by atoms with E-state index in [1.165, 1.54) is 0 Å². The van der Waals surface area contributed by atoms with Gasteiger partial charge in [0.15, 0.2) is 11.5 Å². The molecular weight excluding hydrogens is 500 g/mol. The van der Waals surface area contributed by atoms with Gasteiger partial charge < -0.3 is 10.8 Å². The normalized spacial score (nSPS) is 16.7. The van der Waals surface area contributed by atoms with Crippen LogP contribution in [0.3, 0.4) is 0 Å². The SMILES string of the molecule is CC(C(=O)O)C1CCCCN1Cc1ccc(-n2c(-c3cccnc3N)nc3ccc(-c4ccccc4)nc32)cc1. The predicted octanol–water partition coefficient (Wildman–Crippen LogP) is 5.81. The van der Waals surface area contributed by atoms with Crippen LogP contribution in [-0.4, -0.2) is 48.1 Å². The van der Waals surface area contributed by atoms with Gasteiger partial charge in [0.2, 0.25) is 0 Å². The van der Waals surface area contributed by atoms with E-state index in [4.69, 9.17) is 15.7 Å². The number of rotatable bonds is 7. The molecule has 1 fully saturated rings. The maximum absolute atomic E-state index is 11.7. The number of piperidine rings is 1. The summed E-state index contributed by atoms with van der Waals surface area (Å²) in [5, 5.41) is 9.62. The van der Waals surface area contributed by atoms with Crippen LogP contribution in [0.1, 0.15) is 31.7 Å². The van der Waals surface area contributed by atoms with Gasteiger partial charge in [-0.15, -0.1) is 0 Å². The molecule has 4 heterocycles. The standard InChI is InChI=1S/C32H32N6O2/c1-21(32(39)40)28-11-5-6-19-37(28)20-22-12-14-24(15-13-22)38-30(25-10-7-18-34-29(25)33)36-27-17-16-26(35-31(27)38)23-8-3-2-4-9-23/h2-4,7-10,12-18,21,28H,5-6,11,19-20H2,1H3,(H2,33,34)(H,39,40). The van der Waals surface area contributed by atoms with Gasteiger partial charge in [0.1, 0.15) is 11.3 Å². The summed E-state index contributed by atoms with van der Waals surface area (Å²) in [6.45, 7) is 3.44. The molecule has 1 saturated heterocycles. The Morgan fingerprint density at radius 1 is 1.00 bits per heavy atom. The highest BCUT2D eigenvalue weighted by Gasteiger charge is 2.31. The maximum atomic E-state index is 11.7. The van der Waals surface area contributed by atoms with E-state index in [1.807, 2.05) is 66.1 Å². The second-order valence-electron chi connectivity index (χ2n) is 10.4. The fraction of sp³-hybridized carbons (Fsp3) is 0.250. The third-order valence-corrected chi connectivity index (χ3v) is 7.86. The van der Waals surface area contributed by atoms with Gasteiger partial charge in [-0.25, -0.2) is 15.0 Å². The van der Waals surface area contributed by atoms with Crippen molar-refractivity contribution in [2.24, 2.45) is 5.92 Å². The number of carbonyl (C=O) groups is 1. The molecule has 2 atom stereocenters. The molecule has 1 aliphatic heterocycles. The van der Waals surface area contributed by atoms with E-state index in [-0.39, 0.29) is 6.04 Å². The van der Waals surface area contributed by atoms with Gasteiger partial charge in [0.05, 0.1) is 17.2 Å². The highest BCUT2D eigenvalue weighted by atomic mass is 16.4. The van der Waals surface area contributed by atoms with Crippen LogP contribution in [0.4, 0.5) is 5.82 Å². The second-order valence-corrected chi connectivity index (χ2v) is 10.4. The summed E-state index contributed by atoms with van der Waals surface area (Å²) in [5.74, 6) is -0.0434. The Bertz CT molecular complexity index is 1650. The summed E-state index contributed by atoms with van der Waals surface area (Å²) < 4.78 is 2.04. The summed E-state index contributed by atoms with van der Waals surface area (Å²) in [4.78, 5) is 28.3. The van der Waals surface area contributed by atoms with Crippen molar-refractivity contribution in [3.05, 3.63) is 90.6 Å². The zero-order valence-corrected chi connectivity index (χ0v) is 22.4. The van der Waals surface area contributed by atoms with Crippen LogP contribution in [0.15, 0.2) is 85.1 Å². The van der Waals surface area contributed by atoms with Crippen LogP contribution >= 0.6 is 0 Å². The third-order valence-electron chi connectivity index (χ3n) is 7.86. The molecule has 8 heteroatoms. The summed E-state index contributed by atoms with van der Waals surface area (Å²) in [7, 11) is 0.